The molecule has 0 saturated heterocycles. The average molecular weight is 584 g/mol. The summed E-state index contributed by atoms with van der Waals surface area (Å²) >= 11 is 6.16. The Morgan fingerprint density at radius 2 is 1.71 bits per heavy atom. The first-order chi connectivity index (χ1) is 20.4. The predicted octanol–water partition coefficient (Wildman–Crippen LogP) is 7.08. The van der Waals surface area contributed by atoms with E-state index in [0.29, 0.717) is 50.1 Å². The molecule has 0 amide bonds. The number of rotatable bonds is 8. The Bertz CT molecular complexity index is 1990. The highest BCUT2D eigenvalue weighted by atomic mass is 35.5. The minimum atomic E-state index is -0.372. The van der Waals surface area contributed by atoms with Crippen LogP contribution in [0, 0.1) is 5.82 Å². The van der Waals surface area contributed by atoms with E-state index in [2.05, 4.69) is 5.10 Å². The fourth-order valence-electron chi connectivity index (χ4n) is 4.49. The van der Waals surface area contributed by atoms with E-state index in [1.807, 2.05) is 6.07 Å². The Kier molecular flexibility index (Phi) is 7.33. The fraction of sp³-hybridized carbons (Fsp3) is 0.0938. The van der Waals surface area contributed by atoms with Crippen molar-refractivity contribution < 1.29 is 23.0 Å². The molecule has 0 spiro atoms. The summed E-state index contributed by atoms with van der Waals surface area (Å²) in [6.45, 7) is 0.171. The Balaban J connectivity index is 1.41. The molecule has 0 bridgehead atoms. The van der Waals surface area contributed by atoms with Crippen molar-refractivity contribution in [3.05, 3.63) is 117 Å². The van der Waals surface area contributed by atoms with Crippen LogP contribution in [0.1, 0.15) is 11.1 Å². The van der Waals surface area contributed by atoms with Gasteiger partial charge in [0, 0.05) is 16.0 Å². The van der Waals surface area contributed by atoms with E-state index in [0.717, 1.165) is 10.9 Å². The second-order valence-corrected chi connectivity index (χ2v) is 9.71. The van der Waals surface area contributed by atoms with Crippen LogP contribution in [0.3, 0.4) is 0 Å². The van der Waals surface area contributed by atoms with Crippen LogP contribution in [0.25, 0.3) is 33.5 Å². The van der Waals surface area contributed by atoms with Crippen molar-refractivity contribution in [1.82, 2.24) is 9.66 Å². The van der Waals surface area contributed by atoms with Gasteiger partial charge in [-0.05, 0) is 66.2 Å². The van der Waals surface area contributed by atoms with Crippen LogP contribution in [-0.2, 0) is 6.61 Å². The average Bonchev–Trinajstić information content (AvgIpc) is 3.43. The molecule has 0 radical (unpaired) electrons. The van der Waals surface area contributed by atoms with Crippen LogP contribution in [0.5, 0.6) is 17.2 Å². The molecule has 210 valence electrons. The van der Waals surface area contributed by atoms with Gasteiger partial charge in [0.25, 0.3) is 5.56 Å². The van der Waals surface area contributed by atoms with Gasteiger partial charge in [-0.2, -0.15) is 9.78 Å². The van der Waals surface area contributed by atoms with Crippen LogP contribution in [0.4, 0.5) is 4.39 Å². The molecule has 2 aromatic heterocycles. The van der Waals surface area contributed by atoms with E-state index in [9.17, 15) is 9.18 Å². The number of hydrogen-bond acceptors (Lipinski definition) is 7. The molecule has 6 aromatic rings. The third-order valence-electron chi connectivity index (χ3n) is 6.55. The first kappa shape index (κ1) is 27.0. The normalized spacial score (nSPS) is 11.4. The predicted molar refractivity (Wildman–Crippen MR) is 159 cm³/mol. The first-order valence-corrected chi connectivity index (χ1v) is 13.2. The zero-order valence-corrected chi connectivity index (χ0v) is 23.3. The number of furan rings is 1. The topological polar surface area (TPSA) is 88.1 Å². The van der Waals surface area contributed by atoms with Crippen molar-refractivity contribution >= 4 is 39.7 Å². The van der Waals surface area contributed by atoms with Crippen LogP contribution in [0.2, 0.25) is 5.02 Å². The molecule has 10 heteroatoms. The molecule has 42 heavy (non-hydrogen) atoms. The Labute approximate surface area is 244 Å². The fourth-order valence-corrected chi connectivity index (χ4v) is 4.67. The number of benzene rings is 4. The monoisotopic (exact) mass is 583 g/mol. The van der Waals surface area contributed by atoms with E-state index < -0.39 is 0 Å². The minimum Gasteiger partial charge on any atom is -0.493 e. The zero-order chi connectivity index (χ0) is 29.2. The number of ether oxygens (including phenoxy) is 3. The van der Waals surface area contributed by atoms with Gasteiger partial charge in [-0.3, -0.25) is 4.79 Å². The molecular weight excluding hydrogens is 561 g/mol. The summed E-state index contributed by atoms with van der Waals surface area (Å²) in [6.07, 6.45) is 1.50. The Hall–Kier alpha value is -5.15. The highest BCUT2D eigenvalue weighted by Gasteiger charge is 2.18. The van der Waals surface area contributed by atoms with Crippen molar-refractivity contribution in [2.24, 2.45) is 5.10 Å². The van der Waals surface area contributed by atoms with Crippen molar-refractivity contribution in [3.8, 4) is 28.8 Å². The molecule has 4 aromatic carbocycles. The van der Waals surface area contributed by atoms with Crippen molar-refractivity contribution in [2.75, 3.05) is 14.2 Å². The lowest BCUT2D eigenvalue weighted by Gasteiger charge is -2.15. The van der Waals surface area contributed by atoms with Crippen LogP contribution < -0.4 is 19.8 Å². The molecule has 0 aliphatic carbocycles. The molecule has 0 unspecified atom stereocenters. The van der Waals surface area contributed by atoms with Gasteiger partial charge < -0.3 is 18.6 Å². The number of nitrogens with zero attached hydrogens (tertiary/aromatic N) is 3. The van der Waals surface area contributed by atoms with Crippen LogP contribution in [-0.4, -0.2) is 30.1 Å². The molecular formula is C32H23ClFN3O5. The molecule has 2 heterocycles. The second-order valence-electron chi connectivity index (χ2n) is 9.28. The molecule has 6 rings (SSSR count). The molecule has 0 saturated carbocycles. The maximum absolute atomic E-state index is 13.6. The quantitative estimate of drug-likeness (QED) is 0.178. The summed E-state index contributed by atoms with van der Waals surface area (Å²) in [5, 5.41) is 6.24. The third-order valence-corrected chi connectivity index (χ3v) is 6.79. The lowest BCUT2D eigenvalue weighted by molar-refractivity contribution is 0.266. The van der Waals surface area contributed by atoms with E-state index in [4.69, 9.17) is 35.2 Å². The number of methoxy groups -OCH3 is 2. The van der Waals surface area contributed by atoms with E-state index in [1.165, 1.54) is 37.2 Å². The highest BCUT2D eigenvalue weighted by molar-refractivity contribution is 6.31. The summed E-state index contributed by atoms with van der Waals surface area (Å²) in [4.78, 5) is 18.3. The number of aromatic nitrogens is 2. The van der Waals surface area contributed by atoms with Crippen molar-refractivity contribution in [3.63, 3.8) is 0 Å². The van der Waals surface area contributed by atoms with E-state index in [1.54, 1.807) is 66.7 Å². The van der Waals surface area contributed by atoms with Crippen LogP contribution >= 0.6 is 11.6 Å². The molecule has 0 aliphatic rings. The van der Waals surface area contributed by atoms with E-state index >= 15 is 0 Å². The summed E-state index contributed by atoms with van der Waals surface area (Å²) in [5.74, 6) is 1.39. The van der Waals surface area contributed by atoms with Gasteiger partial charge >= 0.3 is 0 Å². The summed E-state index contributed by atoms with van der Waals surface area (Å²) in [7, 11) is 3.01. The van der Waals surface area contributed by atoms with Gasteiger partial charge in [-0.15, -0.1) is 0 Å². The summed E-state index contributed by atoms with van der Waals surface area (Å²) in [5.41, 5.74) is 2.07. The maximum Gasteiger partial charge on any atom is 0.282 e. The Morgan fingerprint density at radius 3 is 2.45 bits per heavy atom. The summed E-state index contributed by atoms with van der Waals surface area (Å²) in [6, 6.07) is 23.5. The third kappa shape index (κ3) is 5.29. The van der Waals surface area contributed by atoms with Crippen LogP contribution in [0.15, 0.2) is 99.2 Å². The SMILES string of the molecule is COc1cc(C=Nn2c(-c3cc4cc(Cl)ccc4o3)nc3ccccc3c2=O)cc(OC)c1OCc1ccc(F)cc1. The largest absolute Gasteiger partial charge is 0.493 e. The standard InChI is InChI=1S/C32H23ClFN3O5/c1-39-27-13-20(14-28(40-2)30(27)41-18-19-7-10-23(34)11-8-19)17-35-37-31(36-25-6-4-3-5-24(25)32(37)38)29-16-21-15-22(33)9-12-26(21)42-29/h3-17H,18H2,1-2H3. The van der Waals surface area contributed by atoms with Gasteiger partial charge in [0.15, 0.2) is 17.3 Å². The molecule has 0 atom stereocenters. The number of para-hydroxylation sites is 1. The zero-order valence-electron chi connectivity index (χ0n) is 22.5. The number of fused-ring (bicyclic) bond motifs is 2. The molecule has 0 aliphatic heterocycles. The lowest BCUT2D eigenvalue weighted by atomic mass is 10.2. The van der Waals surface area contributed by atoms with Crippen molar-refractivity contribution in [2.45, 2.75) is 6.61 Å². The highest BCUT2D eigenvalue weighted by Crippen LogP contribution is 2.39. The molecule has 8 nitrogen and oxygen atoms in total. The summed E-state index contributed by atoms with van der Waals surface area (Å²) < 4.78 is 37.6. The van der Waals surface area contributed by atoms with Gasteiger partial charge in [0.1, 0.15) is 18.0 Å². The first-order valence-electron chi connectivity index (χ1n) is 12.8. The minimum absolute atomic E-state index is 0.171. The number of halogens is 2. The van der Waals surface area contributed by atoms with Gasteiger partial charge in [-0.1, -0.05) is 35.9 Å². The Morgan fingerprint density at radius 1 is 0.976 bits per heavy atom. The number of hydrogen-bond donors (Lipinski definition) is 0. The molecule has 0 N–H and O–H groups in total. The van der Waals surface area contributed by atoms with Crippen molar-refractivity contribution in [1.29, 1.82) is 0 Å². The van der Waals surface area contributed by atoms with Gasteiger partial charge in [0.05, 0.1) is 31.3 Å². The lowest BCUT2D eigenvalue weighted by Crippen LogP contribution is -2.20. The second kappa shape index (κ2) is 11.4. The smallest absolute Gasteiger partial charge is 0.282 e. The maximum atomic E-state index is 13.6. The molecule has 0 fully saturated rings. The van der Waals surface area contributed by atoms with Gasteiger partial charge in [0.2, 0.25) is 11.6 Å². The van der Waals surface area contributed by atoms with Gasteiger partial charge in [-0.25, -0.2) is 9.37 Å². The van der Waals surface area contributed by atoms with E-state index in [-0.39, 0.29) is 23.8 Å².